The number of halogens is 1. The lowest BCUT2D eigenvalue weighted by molar-refractivity contribution is 0.169. The summed E-state index contributed by atoms with van der Waals surface area (Å²) in [5.74, 6) is 1.35. The van der Waals surface area contributed by atoms with Gasteiger partial charge in [0.2, 0.25) is 0 Å². The van der Waals surface area contributed by atoms with Gasteiger partial charge in [0, 0.05) is 25.2 Å². The number of hydrogen-bond acceptors (Lipinski definition) is 3. The Hall–Kier alpha value is -0.770. The van der Waals surface area contributed by atoms with Crippen molar-refractivity contribution in [3.63, 3.8) is 0 Å². The van der Waals surface area contributed by atoms with Gasteiger partial charge in [-0.15, -0.1) is 0 Å². The Morgan fingerprint density at radius 3 is 2.55 bits per heavy atom. The van der Waals surface area contributed by atoms with Crippen LogP contribution in [0.5, 0.6) is 5.75 Å². The van der Waals surface area contributed by atoms with Gasteiger partial charge < -0.3 is 10.5 Å². The van der Waals surface area contributed by atoms with Crippen LogP contribution in [0.4, 0.5) is 0 Å². The van der Waals surface area contributed by atoms with Crippen molar-refractivity contribution in [2.24, 2.45) is 11.7 Å². The molecule has 2 N–H and O–H groups in total. The summed E-state index contributed by atoms with van der Waals surface area (Å²) in [5, 5.41) is 0.656. The lowest BCUT2D eigenvalue weighted by Crippen LogP contribution is -2.38. The molecule has 0 radical (unpaired) electrons. The maximum atomic E-state index is 6.25. The molecule has 0 heterocycles. The maximum absolute atomic E-state index is 6.25. The Bertz CT molecular complexity index is 446. The zero-order valence-corrected chi connectivity index (χ0v) is 13.4. The Morgan fingerprint density at radius 1 is 1.40 bits per heavy atom. The van der Waals surface area contributed by atoms with E-state index in [0.717, 1.165) is 6.54 Å². The van der Waals surface area contributed by atoms with Gasteiger partial charge in [-0.3, -0.25) is 4.90 Å². The highest BCUT2D eigenvalue weighted by Gasteiger charge is 2.34. The minimum Gasteiger partial charge on any atom is -0.495 e. The van der Waals surface area contributed by atoms with Gasteiger partial charge >= 0.3 is 0 Å². The van der Waals surface area contributed by atoms with Crippen molar-refractivity contribution in [1.29, 1.82) is 0 Å². The van der Waals surface area contributed by atoms with Gasteiger partial charge in [0.25, 0.3) is 0 Å². The van der Waals surface area contributed by atoms with E-state index in [1.165, 1.54) is 18.4 Å². The Morgan fingerprint density at radius 2 is 2.10 bits per heavy atom. The normalized spacial score (nSPS) is 16.8. The van der Waals surface area contributed by atoms with Crippen molar-refractivity contribution in [1.82, 2.24) is 4.90 Å². The second-order valence-corrected chi connectivity index (χ2v) is 6.37. The molecule has 0 bridgehead atoms. The molecule has 1 unspecified atom stereocenters. The summed E-state index contributed by atoms with van der Waals surface area (Å²) in [5.41, 5.74) is 7.24. The van der Waals surface area contributed by atoms with Crippen LogP contribution in [0.1, 0.15) is 38.3 Å². The monoisotopic (exact) mass is 296 g/mol. The average Bonchev–Trinajstić information content (AvgIpc) is 3.22. The number of nitrogens with zero attached hydrogens (tertiary/aromatic N) is 1. The van der Waals surface area contributed by atoms with Crippen LogP contribution in [0, 0.1) is 5.92 Å². The Kier molecular flexibility index (Phi) is 5.30. The second kappa shape index (κ2) is 6.79. The molecular weight excluding hydrogens is 272 g/mol. The van der Waals surface area contributed by atoms with E-state index in [-0.39, 0.29) is 6.04 Å². The van der Waals surface area contributed by atoms with Gasteiger partial charge in [-0.25, -0.2) is 0 Å². The summed E-state index contributed by atoms with van der Waals surface area (Å²) < 4.78 is 5.22. The molecule has 2 rings (SSSR count). The summed E-state index contributed by atoms with van der Waals surface area (Å²) in [4.78, 5) is 2.54. The molecule has 1 fully saturated rings. The number of hydrogen-bond donors (Lipinski definition) is 1. The Balaban J connectivity index is 2.23. The smallest absolute Gasteiger partial charge is 0.137 e. The summed E-state index contributed by atoms with van der Waals surface area (Å²) in [6, 6.07) is 6.94. The first-order valence-corrected chi connectivity index (χ1v) is 7.73. The van der Waals surface area contributed by atoms with E-state index in [9.17, 15) is 0 Å². The predicted octanol–water partition coefficient (Wildman–Crippen LogP) is 3.47. The highest BCUT2D eigenvalue weighted by molar-refractivity contribution is 6.32. The van der Waals surface area contributed by atoms with Crippen LogP contribution in [0.15, 0.2) is 18.2 Å². The number of methoxy groups -OCH3 is 1. The van der Waals surface area contributed by atoms with Crippen molar-refractivity contribution >= 4 is 11.6 Å². The van der Waals surface area contributed by atoms with Gasteiger partial charge in [0.05, 0.1) is 12.1 Å². The lowest BCUT2D eigenvalue weighted by Gasteiger charge is -2.33. The van der Waals surface area contributed by atoms with Crippen LogP contribution in [-0.2, 0) is 0 Å². The molecule has 1 aliphatic carbocycles. The Labute approximate surface area is 127 Å². The molecule has 0 spiro atoms. The van der Waals surface area contributed by atoms with Gasteiger partial charge in [-0.05, 0) is 36.5 Å². The third-order valence-corrected chi connectivity index (χ3v) is 4.07. The molecule has 112 valence electrons. The van der Waals surface area contributed by atoms with Crippen molar-refractivity contribution in [3.8, 4) is 5.75 Å². The molecule has 0 aromatic heterocycles. The minimum absolute atomic E-state index is 0.244. The van der Waals surface area contributed by atoms with Crippen molar-refractivity contribution < 1.29 is 4.74 Å². The van der Waals surface area contributed by atoms with Gasteiger partial charge in [-0.1, -0.05) is 31.5 Å². The molecule has 0 saturated heterocycles. The molecule has 0 amide bonds. The zero-order valence-electron chi connectivity index (χ0n) is 12.6. The molecule has 20 heavy (non-hydrogen) atoms. The number of nitrogens with two attached hydrogens (primary N) is 1. The predicted molar refractivity (Wildman–Crippen MR) is 84.4 cm³/mol. The fourth-order valence-corrected chi connectivity index (χ4v) is 2.98. The summed E-state index contributed by atoms with van der Waals surface area (Å²) in [7, 11) is 1.64. The van der Waals surface area contributed by atoms with Gasteiger partial charge in [0.1, 0.15) is 5.75 Å². The van der Waals surface area contributed by atoms with E-state index in [0.29, 0.717) is 29.3 Å². The van der Waals surface area contributed by atoms with Crippen LogP contribution in [-0.4, -0.2) is 31.1 Å². The summed E-state index contributed by atoms with van der Waals surface area (Å²) in [6.45, 7) is 6.20. The van der Waals surface area contributed by atoms with Crippen LogP contribution in [0.3, 0.4) is 0 Å². The first-order valence-electron chi connectivity index (χ1n) is 7.36. The highest BCUT2D eigenvalue weighted by Crippen LogP contribution is 2.36. The summed E-state index contributed by atoms with van der Waals surface area (Å²) in [6.07, 6.45) is 2.57. The maximum Gasteiger partial charge on any atom is 0.137 e. The van der Waals surface area contributed by atoms with Crippen LogP contribution < -0.4 is 10.5 Å². The zero-order chi connectivity index (χ0) is 14.7. The van der Waals surface area contributed by atoms with E-state index in [1.54, 1.807) is 7.11 Å². The lowest BCUT2D eigenvalue weighted by atomic mass is 10.0. The third-order valence-electron chi connectivity index (χ3n) is 3.78. The molecule has 0 aliphatic heterocycles. The quantitative estimate of drug-likeness (QED) is 0.837. The highest BCUT2D eigenvalue weighted by atomic mass is 35.5. The van der Waals surface area contributed by atoms with Gasteiger partial charge in [0.15, 0.2) is 0 Å². The summed E-state index contributed by atoms with van der Waals surface area (Å²) >= 11 is 6.25. The minimum atomic E-state index is 0.244. The van der Waals surface area contributed by atoms with E-state index < -0.39 is 0 Å². The van der Waals surface area contributed by atoms with E-state index in [4.69, 9.17) is 22.1 Å². The topological polar surface area (TPSA) is 38.5 Å². The fourth-order valence-electron chi connectivity index (χ4n) is 2.71. The third kappa shape index (κ3) is 3.66. The molecule has 3 nitrogen and oxygen atoms in total. The molecule has 1 aromatic carbocycles. The van der Waals surface area contributed by atoms with Crippen LogP contribution >= 0.6 is 11.6 Å². The molecule has 1 aromatic rings. The van der Waals surface area contributed by atoms with Crippen molar-refractivity contribution in [2.75, 3.05) is 20.2 Å². The molecule has 1 saturated carbocycles. The van der Waals surface area contributed by atoms with Crippen LogP contribution in [0.25, 0.3) is 0 Å². The number of rotatable bonds is 7. The fraction of sp³-hybridized carbons (Fsp3) is 0.625. The second-order valence-electron chi connectivity index (χ2n) is 5.97. The standard InChI is InChI=1S/C16H25ClN2O/c1-11(2)10-19(13-5-6-13)15(9-18)12-4-7-16(20-3)14(17)8-12/h4,7-8,11,13,15H,5-6,9-10,18H2,1-3H3. The number of ether oxygens (including phenoxy) is 1. The molecule has 1 atom stereocenters. The van der Waals surface area contributed by atoms with E-state index >= 15 is 0 Å². The van der Waals surface area contributed by atoms with Crippen LogP contribution in [0.2, 0.25) is 5.02 Å². The van der Waals surface area contributed by atoms with E-state index in [2.05, 4.69) is 24.8 Å². The largest absolute Gasteiger partial charge is 0.495 e. The van der Waals surface area contributed by atoms with Gasteiger partial charge in [-0.2, -0.15) is 0 Å². The van der Waals surface area contributed by atoms with E-state index in [1.807, 2.05) is 12.1 Å². The first kappa shape index (κ1) is 15.6. The SMILES string of the molecule is COc1ccc(C(CN)N(CC(C)C)C2CC2)cc1Cl. The molecule has 1 aliphatic rings. The average molecular weight is 297 g/mol. The van der Waals surface area contributed by atoms with Crippen molar-refractivity contribution in [2.45, 2.75) is 38.8 Å². The first-order chi connectivity index (χ1) is 9.56. The molecular formula is C16H25ClN2O. The number of benzene rings is 1. The molecule has 4 heteroatoms. The van der Waals surface area contributed by atoms with Crippen molar-refractivity contribution in [3.05, 3.63) is 28.8 Å².